The Morgan fingerprint density at radius 1 is 0.292 bits per heavy atom. The van der Waals surface area contributed by atoms with Crippen LogP contribution in [0.2, 0.25) is 0 Å². The average Bonchev–Trinajstić information content (AvgIpc) is 4.15. The second kappa shape index (κ2) is 14.6. The number of aromatic nitrogens is 2. The van der Waals surface area contributed by atoms with Crippen molar-refractivity contribution in [3.8, 4) is 22.5 Å². The quantitative estimate of drug-likeness (QED) is 0.123. The Morgan fingerprint density at radius 2 is 0.677 bits per heavy atom. The molecule has 0 fully saturated rings. The summed E-state index contributed by atoms with van der Waals surface area (Å²) in [7, 11) is -3.02. The second-order valence-corrected chi connectivity index (χ2v) is 24.7. The first-order valence-electron chi connectivity index (χ1n) is 21.8. The summed E-state index contributed by atoms with van der Waals surface area (Å²) in [6.45, 7) is 0. The molecule has 0 saturated heterocycles. The van der Waals surface area contributed by atoms with Crippen molar-refractivity contribution in [2.45, 2.75) is 0 Å². The molecule has 0 bridgehead atoms. The smallest absolute Gasteiger partial charge is 0.182 e. The van der Waals surface area contributed by atoms with E-state index in [9.17, 15) is 0 Å². The minimum absolute atomic E-state index is 1.05. The van der Waals surface area contributed by atoms with Gasteiger partial charge in [-0.25, -0.2) is 0 Å². The number of hydrogen-bond acceptors (Lipinski definition) is 6. The highest BCUT2D eigenvalue weighted by Crippen LogP contribution is 2.44. The molecular weight excluding hydrogens is 881 g/mol. The van der Waals surface area contributed by atoms with Crippen LogP contribution in [0.25, 0.3) is 103 Å². The molecule has 0 unspecified atom stereocenters. The van der Waals surface area contributed by atoms with Crippen molar-refractivity contribution < 1.29 is 0 Å². The van der Waals surface area contributed by atoms with E-state index in [0.29, 0.717) is 0 Å². The van der Waals surface area contributed by atoms with E-state index in [1.165, 1.54) is 101 Å². The van der Waals surface area contributed by atoms with Crippen molar-refractivity contribution in [1.82, 2.24) is 9.97 Å². The largest absolute Gasteiger partial charge is 0.255 e. The first kappa shape index (κ1) is 37.5. The third kappa shape index (κ3) is 5.54. The summed E-state index contributed by atoms with van der Waals surface area (Å²) >= 11 is 7.55. The van der Waals surface area contributed by atoms with Gasteiger partial charge in [-0.2, -0.15) is 0 Å². The molecule has 0 aliphatic heterocycles. The van der Waals surface area contributed by atoms with Crippen LogP contribution in [-0.4, -0.2) is 18.0 Å². The van der Waals surface area contributed by atoms with E-state index in [4.69, 9.17) is 9.97 Å². The third-order valence-corrected chi connectivity index (χ3v) is 23.4. The summed E-state index contributed by atoms with van der Waals surface area (Å²) in [6, 6.07) is 72.8. The lowest BCUT2D eigenvalue weighted by molar-refractivity contribution is 1.37. The molecule has 0 spiro atoms. The normalized spacial score (nSPS) is 12.3. The lowest BCUT2D eigenvalue weighted by Gasteiger charge is -2.35. The molecule has 14 rings (SSSR count). The Morgan fingerprint density at radius 3 is 1.15 bits per heavy atom. The van der Waals surface area contributed by atoms with Gasteiger partial charge in [0.2, 0.25) is 0 Å². The lowest BCUT2D eigenvalue weighted by Crippen LogP contribution is -2.74. The number of pyridine rings is 2. The summed E-state index contributed by atoms with van der Waals surface area (Å²) in [5.74, 6) is 0. The zero-order valence-electron chi connectivity index (χ0n) is 34.7. The Hall–Kier alpha value is -6.84. The van der Waals surface area contributed by atoms with E-state index in [1.54, 1.807) is 0 Å². The van der Waals surface area contributed by atoms with E-state index in [1.807, 2.05) is 57.7 Å². The number of nitrogens with zero attached hydrogens (tertiary/aromatic N) is 2. The number of fused-ring (bicyclic) bond motifs is 12. The molecule has 0 aliphatic rings. The summed E-state index contributed by atoms with van der Waals surface area (Å²) in [5, 5.41) is 15.9. The lowest BCUT2D eigenvalue weighted by atomic mass is 10.0. The maximum absolute atomic E-state index is 5.03. The van der Waals surface area contributed by atoms with E-state index < -0.39 is 8.07 Å². The number of thiophene rings is 4. The van der Waals surface area contributed by atoms with Crippen LogP contribution >= 0.6 is 45.3 Å². The molecule has 6 aromatic heterocycles. The van der Waals surface area contributed by atoms with Gasteiger partial charge in [0.25, 0.3) is 0 Å². The maximum atomic E-state index is 5.03. The predicted molar refractivity (Wildman–Crippen MR) is 288 cm³/mol. The minimum atomic E-state index is -3.02. The first-order valence-corrected chi connectivity index (χ1v) is 27.0. The molecule has 0 amide bonds. The van der Waals surface area contributed by atoms with Gasteiger partial charge in [0.1, 0.15) is 0 Å². The zero-order chi connectivity index (χ0) is 42.6. The predicted octanol–water partition coefficient (Wildman–Crippen LogP) is 14.7. The van der Waals surface area contributed by atoms with Crippen LogP contribution in [0.4, 0.5) is 0 Å². The Labute approximate surface area is 391 Å². The fourth-order valence-electron chi connectivity index (χ4n) is 10.5. The Bertz CT molecular complexity index is 3930. The zero-order valence-corrected chi connectivity index (χ0v) is 38.9. The molecule has 304 valence electrons. The monoisotopic (exact) mass is 914 g/mol. The van der Waals surface area contributed by atoms with Crippen LogP contribution in [0, 0.1) is 0 Å². The van der Waals surface area contributed by atoms with E-state index in [-0.39, 0.29) is 0 Å². The fraction of sp³-hybridized carbons (Fsp3) is 0. The minimum Gasteiger partial charge on any atom is -0.255 e. The van der Waals surface area contributed by atoms with Crippen molar-refractivity contribution in [2.24, 2.45) is 0 Å². The van der Waals surface area contributed by atoms with Gasteiger partial charge >= 0.3 is 0 Å². The average molecular weight is 915 g/mol. The third-order valence-electron chi connectivity index (χ3n) is 13.3. The molecule has 7 heteroatoms. The Kier molecular flexibility index (Phi) is 8.42. The van der Waals surface area contributed by atoms with Gasteiger partial charge in [-0.1, -0.05) is 146 Å². The molecule has 0 aliphatic carbocycles. The van der Waals surface area contributed by atoms with Crippen LogP contribution < -0.4 is 20.7 Å². The van der Waals surface area contributed by atoms with Gasteiger partial charge in [0.15, 0.2) is 8.07 Å². The van der Waals surface area contributed by atoms with Crippen LogP contribution in [0.15, 0.2) is 207 Å². The van der Waals surface area contributed by atoms with Gasteiger partial charge in [-0.05, 0) is 69.3 Å². The molecule has 65 heavy (non-hydrogen) atoms. The van der Waals surface area contributed by atoms with Crippen molar-refractivity contribution >= 4 is 155 Å². The van der Waals surface area contributed by atoms with E-state index >= 15 is 0 Å². The summed E-state index contributed by atoms with van der Waals surface area (Å²) in [5.41, 5.74) is 4.41. The topological polar surface area (TPSA) is 25.8 Å². The first-order chi connectivity index (χ1) is 32.2. The van der Waals surface area contributed by atoms with Crippen molar-refractivity contribution in [3.05, 3.63) is 207 Å². The summed E-state index contributed by atoms with van der Waals surface area (Å²) in [4.78, 5) is 10.1. The highest BCUT2D eigenvalue weighted by atomic mass is 32.1. The maximum Gasteiger partial charge on any atom is 0.182 e. The molecule has 6 heterocycles. The fourth-order valence-corrected chi connectivity index (χ4v) is 21.2. The molecule has 0 radical (unpaired) electrons. The van der Waals surface area contributed by atoms with Gasteiger partial charge < -0.3 is 0 Å². The molecule has 2 nitrogen and oxygen atoms in total. The molecule has 0 saturated carbocycles. The summed E-state index contributed by atoms with van der Waals surface area (Å²) < 4.78 is 10.4. The SMILES string of the molecule is c1ccc([Si](c2ccccc2)(c2cccc3c2sc2ccc(-c4nccc5c4sc4ccccc45)cc23)c2cccc3c2sc2ccc(-c4nccc5c4sc4ccccc45)cc23)cc1. The number of benzene rings is 8. The van der Waals surface area contributed by atoms with Gasteiger partial charge in [-0.15, -0.1) is 45.3 Å². The highest BCUT2D eigenvalue weighted by Gasteiger charge is 2.44. The van der Waals surface area contributed by atoms with Crippen LogP contribution in [0.3, 0.4) is 0 Å². The standard InChI is InChI=1S/C58H34N2S4Si/c1-3-13-37(14-4-1)65(38-15-5-2-6-16-38,51-23-11-19-41-45-33-35(25-27-49(45)61-55(41)51)53-57-43(29-31-59-53)39-17-7-9-21-47(39)63-57)52-24-12-20-42-46-34-36(26-28-50(46)62-56(42)52)54-58-44(30-32-60-54)40-18-8-10-22-48(40)64-58/h1-34H. The van der Waals surface area contributed by atoms with Gasteiger partial charge in [-0.3, -0.25) is 9.97 Å². The molecule has 8 aromatic carbocycles. The Balaban J connectivity index is 1.02. The van der Waals surface area contributed by atoms with Crippen molar-refractivity contribution in [2.75, 3.05) is 0 Å². The molecular formula is C58H34N2S4Si. The van der Waals surface area contributed by atoms with Crippen LogP contribution in [0.1, 0.15) is 0 Å². The molecule has 14 aromatic rings. The molecule has 0 N–H and O–H groups in total. The van der Waals surface area contributed by atoms with Crippen LogP contribution in [0.5, 0.6) is 0 Å². The van der Waals surface area contributed by atoms with Crippen LogP contribution in [-0.2, 0) is 0 Å². The second-order valence-electron chi connectivity index (χ2n) is 16.7. The molecule has 0 atom stereocenters. The van der Waals surface area contributed by atoms with E-state index in [2.05, 4.69) is 194 Å². The van der Waals surface area contributed by atoms with Crippen molar-refractivity contribution in [1.29, 1.82) is 0 Å². The van der Waals surface area contributed by atoms with Gasteiger partial charge in [0.05, 0.1) is 20.8 Å². The number of hydrogen-bond donors (Lipinski definition) is 0. The van der Waals surface area contributed by atoms with Crippen molar-refractivity contribution in [3.63, 3.8) is 0 Å². The summed E-state index contributed by atoms with van der Waals surface area (Å²) in [6.07, 6.45) is 3.95. The van der Waals surface area contributed by atoms with Gasteiger partial charge in [0, 0.05) is 94.8 Å². The number of rotatable bonds is 6. The highest BCUT2D eigenvalue weighted by molar-refractivity contribution is 7.33. The van der Waals surface area contributed by atoms with E-state index in [0.717, 1.165) is 22.5 Å².